The van der Waals surface area contributed by atoms with E-state index in [0.29, 0.717) is 6.61 Å². The summed E-state index contributed by atoms with van der Waals surface area (Å²) >= 11 is 0. The average Bonchev–Trinajstić information content (AvgIpc) is 2.93. The number of aliphatic hydroxyl groups excluding tert-OH is 1. The van der Waals surface area contributed by atoms with Crippen molar-refractivity contribution in [2.24, 2.45) is 0 Å². The molecule has 0 atom stereocenters. The monoisotopic (exact) mass is 352 g/mol. The molecule has 138 valence electrons. The minimum Gasteiger partial charge on any atom is -0.491 e. The van der Waals surface area contributed by atoms with Gasteiger partial charge in [0.1, 0.15) is 18.2 Å². The predicted molar refractivity (Wildman–Crippen MR) is 106 cm³/mol. The molecule has 0 aliphatic rings. The van der Waals surface area contributed by atoms with E-state index in [4.69, 9.17) is 9.72 Å². The van der Waals surface area contributed by atoms with Crippen molar-refractivity contribution in [2.45, 2.75) is 47.1 Å². The van der Waals surface area contributed by atoms with Gasteiger partial charge in [0.15, 0.2) is 0 Å². The maximum absolute atomic E-state index is 9.21. The van der Waals surface area contributed by atoms with Gasteiger partial charge in [0, 0.05) is 13.0 Å². The maximum Gasteiger partial charge on any atom is 0.125 e. The van der Waals surface area contributed by atoms with Gasteiger partial charge in [-0.05, 0) is 68.5 Å². The van der Waals surface area contributed by atoms with Gasteiger partial charge in [0.25, 0.3) is 0 Å². The molecule has 0 amide bonds. The first-order valence-electron chi connectivity index (χ1n) is 9.27. The van der Waals surface area contributed by atoms with Crippen molar-refractivity contribution in [1.29, 1.82) is 0 Å². The second kappa shape index (κ2) is 7.92. The zero-order valence-electron chi connectivity index (χ0n) is 16.2. The maximum atomic E-state index is 9.21. The van der Waals surface area contributed by atoms with Crippen molar-refractivity contribution < 1.29 is 9.84 Å². The molecular formula is C22H28N2O2. The Kier molecular flexibility index (Phi) is 5.62. The lowest BCUT2D eigenvalue weighted by molar-refractivity contribution is 0.282. The van der Waals surface area contributed by atoms with Gasteiger partial charge in [-0.1, -0.05) is 18.2 Å². The van der Waals surface area contributed by atoms with Crippen LogP contribution in [0.25, 0.3) is 11.0 Å². The third-order valence-corrected chi connectivity index (χ3v) is 4.97. The molecule has 0 fully saturated rings. The Labute approximate surface area is 155 Å². The van der Waals surface area contributed by atoms with Crippen molar-refractivity contribution in [2.75, 3.05) is 13.2 Å². The van der Waals surface area contributed by atoms with E-state index in [1.165, 1.54) is 11.1 Å². The molecule has 0 unspecified atom stereocenters. The first-order valence-corrected chi connectivity index (χ1v) is 9.27. The zero-order chi connectivity index (χ0) is 18.7. The Balaban J connectivity index is 1.86. The highest BCUT2D eigenvalue weighted by Crippen LogP contribution is 2.24. The Morgan fingerprint density at radius 1 is 1.00 bits per heavy atom. The quantitative estimate of drug-likeness (QED) is 0.690. The first kappa shape index (κ1) is 18.5. The third-order valence-electron chi connectivity index (χ3n) is 4.97. The lowest BCUT2D eigenvalue weighted by Crippen LogP contribution is -2.12. The van der Waals surface area contributed by atoms with Crippen LogP contribution in [0, 0.1) is 27.7 Å². The zero-order valence-corrected chi connectivity index (χ0v) is 16.2. The summed E-state index contributed by atoms with van der Waals surface area (Å²) in [6.07, 6.45) is 1.49. The van der Waals surface area contributed by atoms with E-state index in [9.17, 15) is 5.11 Å². The summed E-state index contributed by atoms with van der Waals surface area (Å²) in [6.45, 7) is 9.92. The normalized spacial score (nSPS) is 11.3. The van der Waals surface area contributed by atoms with Crippen LogP contribution in [0.15, 0.2) is 30.3 Å². The molecule has 1 aromatic heterocycles. The van der Waals surface area contributed by atoms with E-state index in [2.05, 4.69) is 62.6 Å². The van der Waals surface area contributed by atoms with Crippen molar-refractivity contribution in [3.05, 3.63) is 58.4 Å². The number of hydrogen-bond donors (Lipinski definition) is 1. The third kappa shape index (κ3) is 3.75. The summed E-state index contributed by atoms with van der Waals surface area (Å²) in [4.78, 5) is 4.81. The Bertz CT molecular complexity index is 892. The van der Waals surface area contributed by atoms with Gasteiger partial charge >= 0.3 is 0 Å². The molecule has 0 saturated heterocycles. The minimum absolute atomic E-state index is 0.181. The van der Waals surface area contributed by atoms with Gasteiger partial charge in [-0.2, -0.15) is 0 Å². The van der Waals surface area contributed by atoms with Crippen LogP contribution in [0.3, 0.4) is 0 Å². The number of para-hydroxylation sites is 1. The summed E-state index contributed by atoms with van der Waals surface area (Å²) in [5.74, 6) is 1.99. The number of imidazole rings is 1. The average molecular weight is 352 g/mol. The highest BCUT2D eigenvalue weighted by Gasteiger charge is 2.12. The van der Waals surface area contributed by atoms with Crippen LogP contribution in [0.2, 0.25) is 0 Å². The number of rotatable bonds is 7. The molecular weight excluding hydrogens is 324 g/mol. The van der Waals surface area contributed by atoms with E-state index in [1.807, 2.05) is 0 Å². The molecule has 3 rings (SSSR count). The number of aliphatic hydroxyl groups is 1. The van der Waals surface area contributed by atoms with Crippen LogP contribution < -0.4 is 4.74 Å². The van der Waals surface area contributed by atoms with E-state index in [0.717, 1.165) is 53.1 Å². The molecule has 4 heteroatoms. The number of ether oxygens (including phenoxy) is 1. The number of aryl methyl sites for hydroxylation is 5. The van der Waals surface area contributed by atoms with Crippen LogP contribution in [0.5, 0.6) is 5.75 Å². The number of aromatic nitrogens is 2. The van der Waals surface area contributed by atoms with E-state index >= 15 is 0 Å². The molecule has 0 saturated carbocycles. The molecule has 2 aromatic carbocycles. The van der Waals surface area contributed by atoms with Gasteiger partial charge in [-0.25, -0.2) is 4.98 Å². The first-order chi connectivity index (χ1) is 12.5. The largest absolute Gasteiger partial charge is 0.491 e. The SMILES string of the molecule is Cc1cc2nc(CCCO)n(CCOc3c(C)cccc3C)c2cc1C. The van der Waals surface area contributed by atoms with E-state index in [1.54, 1.807) is 0 Å². The highest BCUT2D eigenvalue weighted by molar-refractivity contribution is 5.78. The summed E-state index contributed by atoms with van der Waals surface area (Å²) in [5.41, 5.74) is 7.00. The van der Waals surface area contributed by atoms with Crippen molar-refractivity contribution >= 4 is 11.0 Å². The van der Waals surface area contributed by atoms with Crippen molar-refractivity contribution in [3.63, 3.8) is 0 Å². The number of hydrogen-bond acceptors (Lipinski definition) is 3. The molecule has 0 aliphatic carbocycles. The number of benzene rings is 2. The molecule has 1 heterocycles. The number of fused-ring (bicyclic) bond motifs is 1. The second-order valence-corrected chi connectivity index (χ2v) is 7.00. The van der Waals surface area contributed by atoms with Crippen LogP contribution in [-0.4, -0.2) is 27.9 Å². The molecule has 0 bridgehead atoms. The predicted octanol–water partition coefficient (Wildman–Crippen LogP) is 4.27. The Morgan fingerprint density at radius 2 is 1.69 bits per heavy atom. The molecule has 4 nitrogen and oxygen atoms in total. The summed E-state index contributed by atoms with van der Waals surface area (Å²) < 4.78 is 8.35. The molecule has 0 spiro atoms. The van der Waals surface area contributed by atoms with Crippen LogP contribution >= 0.6 is 0 Å². The van der Waals surface area contributed by atoms with Gasteiger partial charge in [-0.3, -0.25) is 0 Å². The summed E-state index contributed by atoms with van der Waals surface area (Å²) in [7, 11) is 0. The minimum atomic E-state index is 0.181. The van der Waals surface area contributed by atoms with Crippen molar-refractivity contribution in [3.8, 4) is 5.75 Å². The lowest BCUT2D eigenvalue weighted by Gasteiger charge is -2.14. The smallest absolute Gasteiger partial charge is 0.125 e. The Morgan fingerprint density at radius 3 is 2.38 bits per heavy atom. The second-order valence-electron chi connectivity index (χ2n) is 7.00. The fourth-order valence-corrected chi connectivity index (χ4v) is 3.37. The fraction of sp³-hybridized carbons (Fsp3) is 0.409. The van der Waals surface area contributed by atoms with Gasteiger partial charge in [0.05, 0.1) is 17.6 Å². The van der Waals surface area contributed by atoms with E-state index < -0.39 is 0 Å². The van der Waals surface area contributed by atoms with Crippen LogP contribution in [-0.2, 0) is 13.0 Å². The lowest BCUT2D eigenvalue weighted by atomic mass is 10.1. The van der Waals surface area contributed by atoms with Crippen LogP contribution in [0.1, 0.15) is 34.5 Å². The molecule has 3 aromatic rings. The summed E-state index contributed by atoms with van der Waals surface area (Å²) in [5, 5.41) is 9.21. The number of nitrogens with zero attached hydrogens (tertiary/aromatic N) is 2. The molecule has 1 N–H and O–H groups in total. The van der Waals surface area contributed by atoms with Gasteiger partial charge < -0.3 is 14.4 Å². The molecule has 0 radical (unpaired) electrons. The highest BCUT2D eigenvalue weighted by atomic mass is 16.5. The van der Waals surface area contributed by atoms with Gasteiger partial charge in [-0.15, -0.1) is 0 Å². The van der Waals surface area contributed by atoms with E-state index in [-0.39, 0.29) is 6.61 Å². The van der Waals surface area contributed by atoms with Crippen LogP contribution in [0.4, 0.5) is 0 Å². The van der Waals surface area contributed by atoms with Crippen molar-refractivity contribution in [1.82, 2.24) is 9.55 Å². The molecule has 0 aliphatic heterocycles. The van der Waals surface area contributed by atoms with Gasteiger partial charge in [0.2, 0.25) is 0 Å². The molecule has 26 heavy (non-hydrogen) atoms. The summed E-state index contributed by atoms with van der Waals surface area (Å²) in [6, 6.07) is 10.6. The Hall–Kier alpha value is -2.33. The standard InChI is InChI=1S/C22H28N2O2/c1-15-7-5-8-16(2)22(15)26-12-10-24-20-14-18(4)17(3)13-19(20)23-21(24)9-6-11-25/h5,7-8,13-14,25H,6,9-12H2,1-4H3. The fourth-order valence-electron chi connectivity index (χ4n) is 3.37. The topological polar surface area (TPSA) is 47.3 Å².